The molecule has 0 saturated heterocycles. The molecule has 1 aromatic heterocycles. The van der Waals surface area contributed by atoms with Crippen LogP contribution < -0.4 is 5.32 Å². The fourth-order valence-electron chi connectivity index (χ4n) is 1.56. The Morgan fingerprint density at radius 2 is 1.94 bits per heavy atom. The van der Waals surface area contributed by atoms with Gasteiger partial charge in [0.05, 0.1) is 18.2 Å². The zero-order valence-electron chi connectivity index (χ0n) is 9.94. The van der Waals surface area contributed by atoms with Crippen LogP contribution in [0.1, 0.15) is 11.3 Å². The molecule has 1 aromatic carbocycles. The van der Waals surface area contributed by atoms with E-state index in [0.717, 1.165) is 27.2 Å². The van der Waals surface area contributed by atoms with Gasteiger partial charge < -0.3 is 5.32 Å². The molecule has 0 bridgehead atoms. The van der Waals surface area contributed by atoms with Crippen molar-refractivity contribution in [2.45, 2.75) is 13.3 Å². The number of nitrogens with one attached hydrogen (secondary N) is 1. The van der Waals surface area contributed by atoms with Crippen molar-refractivity contribution in [1.29, 1.82) is 5.26 Å². The normalized spacial score (nSPS) is 9.83. The number of nitriles is 1. The fraction of sp³-hybridized carbons (Fsp3) is 0.143. The van der Waals surface area contributed by atoms with Gasteiger partial charge in [-0.15, -0.1) is 0 Å². The van der Waals surface area contributed by atoms with E-state index in [9.17, 15) is 0 Å². The van der Waals surface area contributed by atoms with E-state index in [1.54, 1.807) is 0 Å². The third-order valence-corrected chi connectivity index (χ3v) is 3.37. The maximum absolute atomic E-state index is 8.60. The van der Waals surface area contributed by atoms with Crippen LogP contribution in [0.5, 0.6) is 0 Å². The maximum atomic E-state index is 8.60. The summed E-state index contributed by atoms with van der Waals surface area (Å²) in [7, 11) is 0. The van der Waals surface area contributed by atoms with Gasteiger partial charge in [0.15, 0.2) is 0 Å². The fourth-order valence-corrected chi connectivity index (χ4v) is 1.78. The molecule has 0 aliphatic rings. The number of aryl methyl sites for hydroxylation is 1. The second kappa shape index (κ2) is 5.65. The minimum absolute atomic E-state index is 0.440. The number of hydrogen-bond donors (Lipinski definition) is 1. The summed E-state index contributed by atoms with van der Waals surface area (Å²) >= 11 is 3.42. The topological polar surface area (TPSA) is 48.7 Å². The molecular formula is C14H12BrN3. The first-order chi connectivity index (χ1) is 8.69. The van der Waals surface area contributed by atoms with Crippen molar-refractivity contribution in [3.63, 3.8) is 0 Å². The Bertz CT molecular complexity index is 585. The first kappa shape index (κ1) is 12.6. The zero-order chi connectivity index (χ0) is 13.0. The Labute approximate surface area is 115 Å². The molecule has 0 saturated carbocycles. The lowest BCUT2D eigenvalue weighted by Gasteiger charge is -2.07. The van der Waals surface area contributed by atoms with Gasteiger partial charge in [0.25, 0.3) is 0 Å². The van der Waals surface area contributed by atoms with Crippen LogP contribution >= 0.6 is 15.9 Å². The Balaban J connectivity index is 2.13. The van der Waals surface area contributed by atoms with Crippen molar-refractivity contribution in [1.82, 2.24) is 4.98 Å². The lowest BCUT2D eigenvalue weighted by molar-refractivity contribution is 1.18. The Morgan fingerprint density at radius 1 is 1.22 bits per heavy atom. The average molecular weight is 302 g/mol. The summed E-state index contributed by atoms with van der Waals surface area (Å²) in [6.45, 7) is 1.95. The standard InChI is InChI=1S/C14H12BrN3/c1-10-13(15)6-7-14(17-10)18-12-4-2-11(3-5-12)8-9-16/h2-7H,8H2,1H3,(H,17,18). The molecule has 0 atom stereocenters. The van der Waals surface area contributed by atoms with Gasteiger partial charge in [-0.1, -0.05) is 12.1 Å². The highest BCUT2D eigenvalue weighted by Crippen LogP contribution is 2.20. The molecule has 0 radical (unpaired) electrons. The number of pyridine rings is 1. The van der Waals surface area contributed by atoms with Gasteiger partial charge in [0.1, 0.15) is 5.82 Å². The molecule has 2 rings (SSSR count). The number of anilines is 2. The second-order valence-electron chi connectivity index (χ2n) is 3.92. The first-order valence-corrected chi connectivity index (χ1v) is 6.34. The number of hydrogen-bond acceptors (Lipinski definition) is 3. The van der Waals surface area contributed by atoms with Gasteiger partial charge in [0, 0.05) is 10.2 Å². The number of halogens is 1. The molecule has 0 amide bonds. The second-order valence-corrected chi connectivity index (χ2v) is 4.77. The van der Waals surface area contributed by atoms with E-state index in [2.05, 4.69) is 32.3 Å². The molecule has 0 aliphatic carbocycles. The van der Waals surface area contributed by atoms with Crippen molar-refractivity contribution in [2.75, 3.05) is 5.32 Å². The van der Waals surface area contributed by atoms with E-state index in [1.165, 1.54) is 0 Å². The van der Waals surface area contributed by atoms with E-state index in [-0.39, 0.29) is 0 Å². The van der Waals surface area contributed by atoms with Crippen molar-refractivity contribution >= 4 is 27.4 Å². The molecule has 1 heterocycles. The van der Waals surface area contributed by atoms with Crippen LogP contribution in [-0.2, 0) is 6.42 Å². The summed E-state index contributed by atoms with van der Waals surface area (Å²) in [6.07, 6.45) is 0.440. The van der Waals surface area contributed by atoms with E-state index >= 15 is 0 Å². The third kappa shape index (κ3) is 3.08. The molecule has 0 unspecified atom stereocenters. The average Bonchev–Trinajstić information content (AvgIpc) is 2.37. The van der Waals surface area contributed by atoms with Crippen molar-refractivity contribution in [2.24, 2.45) is 0 Å². The molecule has 0 fully saturated rings. The quantitative estimate of drug-likeness (QED) is 0.933. The van der Waals surface area contributed by atoms with Crippen molar-refractivity contribution in [3.05, 3.63) is 52.1 Å². The molecular weight excluding hydrogens is 290 g/mol. The van der Waals surface area contributed by atoms with Crippen LogP contribution in [0.3, 0.4) is 0 Å². The lowest BCUT2D eigenvalue weighted by Crippen LogP contribution is -1.95. The van der Waals surface area contributed by atoms with E-state index in [1.807, 2.05) is 43.3 Å². The molecule has 3 nitrogen and oxygen atoms in total. The van der Waals surface area contributed by atoms with E-state index in [0.29, 0.717) is 6.42 Å². The van der Waals surface area contributed by atoms with Gasteiger partial charge >= 0.3 is 0 Å². The largest absolute Gasteiger partial charge is 0.340 e. The summed E-state index contributed by atoms with van der Waals surface area (Å²) in [5.74, 6) is 0.809. The van der Waals surface area contributed by atoms with E-state index in [4.69, 9.17) is 5.26 Å². The van der Waals surface area contributed by atoms with Gasteiger partial charge in [0.2, 0.25) is 0 Å². The SMILES string of the molecule is Cc1nc(Nc2ccc(CC#N)cc2)ccc1Br. The van der Waals surface area contributed by atoms with Gasteiger partial charge in [-0.3, -0.25) is 0 Å². The highest BCUT2D eigenvalue weighted by atomic mass is 79.9. The molecule has 18 heavy (non-hydrogen) atoms. The molecule has 4 heteroatoms. The van der Waals surface area contributed by atoms with Gasteiger partial charge in [-0.2, -0.15) is 5.26 Å². The Hall–Kier alpha value is -1.86. The van der Waals surface area contributed by atoms with E-state index < -0.39 is 0 Å². The monoisotopic (exact) mass is 301 g/mol. The van der Waals surface area contributed by atoms with Crippen LogP contribution in [0.4, 0.5) is 11.5 Å². The third-order valence-electron chi connectivity index (χ3n) is 2.53. The number of benzene rings is 1. The van der Waals surface area contributed by atoms with Crippen LogP contribution in [0.15, 0.2) is 40.9 Å². The Morgan fingerprint density at radius 3 is 2.56 bits per heavy atom. The number of aromatic nitrogens is 1. The van der Waals surface area contributed by atoms with Gasteiger partial charge in [-0.05, 0) is 52.7 Å². The van der Waals surface area contributed by atoms with Crippen LogP contribution in [-0.4, -0.2) is 4.98 Å². The highest BCUT2D eigenvalue weighted by molar-refractivity contribution is 9.10. The van der Waals surface area contributed by atoms with Gasteiger partial charge in [-0.25, -0.2) is 4.98 Å². The van der Waals surface area contributed by atoms with Crippen molar-refractivity contribution in [3.8, 4) is 6.07 Å². The van der Waals surface area contributed by atoms with Crippen LogP contribution in [0.25, 0.3) is 0 Å². The number of nitrogens with zero attached hydrogens (tertiary/aromatic N) is 2. The summed E-state index contributed by atoms with van der Waals surface area (Å²) in [5.41, 5.74) is 2.93. The molecule has 2 aromatic rings. The van der Waals surface area contributed by atoms with Crippen LogP contribution in [0, 0.1) is 18.3 Å². The molecule has 0 aliphatic heterocycles. The summed E-state index contributed by atoms with van der Waals surface area (Å²) < 4.78 is 0.998. The summed E-state index contributed by atoms with van der Waals surface area (Å²) in [5, 5.41) is 11.8. The lowest BCUT2D eigenvalue weighted by atomic mass is 10.1. The molecule has 90 valence electrons. The summed E-state index contributed by atoms with van der Waals surface area (Å²) in [6, 6.07) is 13.8. The maximum Gasteiger partial charge on any atom is 0.130 e. The predicted molar refractivity (Wildman–Crippen MR) is 75.7 cm³/mol. The smallest absolute Gasteiger partial charge is 0.130 e. The predicted octanol–water partition coefficient (Wildman–Crippen LogP) is 3.96. The zero-order valence-corrected chi connectivity index (χ0v) is 11.5. The molecule has 1 N–H and O–H groups in total. The highest BCUT2D eigenvalue weighted by Gasteiger charge is 2.00. The minimum Gasteiger partial charge on any atom is -0.340 e. The minimum atomic E-state index is 0.440. The summed E-state index contributed by atoms with van der Waals surface area (Å²) in [4.78, 5) is 4.42. The van der Waals surface area contributed by atoms with Crippen molar-refractivity contribution < 1.29 is 0 Å². The number of rotatable bonds is 3. The Kier molecular flexibility index (Phi) is 3.96. The molecule has 0 spiro atoms. The first-order valence-electron chi connectivity index (χ1n) is 5.55. The van der Waals surface area contributed by atoms with Crippen LogP contribution in [0.2, 0.25) is 0 Å².